The average Bonchev–Trinajstić information content (AvgIpc) is 2.86. The van der Waals surface area contributed by atoms with Crippen LogP contribution in [0.1, 0.15) is 18.5 Å². The summed E-state index contributed by atoms with van der Waals surface area (Å²) in [6.45, 7) is 4.95. The van der Waals surface area contributed by atoms with Gasteiger partial charge in [0, 0.05) is 32.7 Å². The smallest absolute Gasteiger partial charge is 0.435 e. The minimum Gasteiger partial charge on any atom is -0.478 e. The largest absolute Gasteiger partial charge is 0.478 e. The van der Waals surface area contributed by atoms with Gasteiger partial charge in [-0.3, -0.25) is 4.90 Å². The average molecular weight is 333 g/mol. The van der Waals surface area contributed by atoms with Gasteiger partial charge in [-0.25, -0.2) is 4.68 Å². The second-order valence-electron chi connectivity index (χ2n) is 6.31. The second-order valence-corrected chi connectivity index (χ2v) is 6.31. The summed E-state index contributed by atoms with van der Waals surface area (Å²) in [4.78, 5) is 2.39. The summed E-state index contributed by atoms with van der Waals surface area (Å²) in [5, 5.41) is 3.46. The van der Waals surface area contributed by atoms with Crippen LogP contribution in [-0.2, 0) is 18.0 Å². The third-order valence-corrected chi connectivity index (χ3v) is 4.74. The van der Waals surface area contributed by atoms with Crippen LogP contribution in [0.2, 0.25) is 0 Å². The molecule has 0 aromatic carbocycles. The molecule has 2 unspecified atom stereocenters. The molecule has 0 spiro atoms. The summed E-state index contributed by atoms with van der Waals surface area (Å²) in [7, 11) is 1.47. The Morgan fingerprint density at radius 1 is 1.26 bits per heavy atom. The van der Waals surface area contributed by atoms with Crippen LogP contribution in [0.3, 0.4) is 0 Å². The minimum absolute atomic E-state index is 0.175. The summed E-state index contributed by atoms with van der Waals surface area (Å²) in [6, 6.07) is 0.968. The first-order valence-electron chi connectivity index (χ1n) is 7.97. The van der Waals surface area contributed by atoms with Gasteiger partial charge in [0.15, 0.2) is 5.69 Å². The van der Waals surface area contributed by atoms with Gasteiger partial charge in [-0.05, 0) is 24.7 Å². The van der Waals surface area contributed by atoms with Crippen LogP contribution in [0.25, 0.3) is 0 Å². The van der Waals surface area contributed by atoms with Gasteiger partial charge in [0.2, 0.25) is 5.88 Å². The molecule has 8 heteroatoms. The molecule has 1 aromatic heterocycles. The molecule has 1 aromatic rings. The Bertz CT molecular complexity index is 527. The molecule has 1 aliphatic carbocycles. The first-order valence-corrected chi connectivity index (χ1v) is 7.97. The Labute approximate surface area is 133 Å². The molecule has 2 atom stereocenters. The van der Waals surface area contributed by atoms with E-state index in [-0.39, 0.29) is 5.88 Å². The first-order chi connectivity index (χ1) is 10.9. The zero-order chi connectivity index (χ0) is 16.4. The van der Waals surface area contributed by atoms with Crippen LogP contribution in [0.5, 0.6) is 5.88 Å². The maximum Gasteiger partial charge on any atom is 0.435 e. The summed E-state index contributed by atoms with van der Waals surface area (Å²) in [5.74, 6) is 1.14. The molecular formula is C15H22F3N3O2. The number of ether oxygens (including phenoxy) is 2. The van der Waals surface area contributed by atoms with Crippen molar-refractivity contribution >= 4 is 0 Å². The molecule has 0 bridgehead atoms. The van der Waals surface area contributed by atoms with Crippen LogP contribution in [0.15, 0.2) is 6.07 Å². The van der Waals surface area contributed by atoms with Crippen molar-refractivity contribution in [1.29, 1.82) is 0 Å². The molecule has 1 saturated heterocycles. The molecule has 3 rings (SSSR count). The SMILES string of the molecule is Cn1nc(C(F)(F)F)cc1OCC1CCC1CN1CCOCC1. The highest BCUT2D eigenvalue weighted by molar-refractivity contribution is 5.18. The molecule has 0 N–H and O–H groups in total. The van der Waals surface area contributed by atoms with E-state index >= 15 is 0 Å². The van der Waals surface area contributed by atoms with Crippen LogP contribution in [-0.4, -0.2) is 54.1 Å². The van der Waals surface area contributed by atoms with Gasteiger partial charge in [-0.15, -0.1) is 0 Å². The maximum absolute atomic E-state index is 12.6. The normalized spacial score (nSPS) is 26.1. The number of halogens is 3. The maximum atomic E-state index is 12.6. The van der Waals surface area contributed by atoms with Crippen molar-refractivity contribution in [2.75, 3.05) is 39.5 Å². The third-order valence-electron chi connectivity index (χ3n) is 4.74. The molecule has 5 nitrogen and oxygen atoms in total. The lowest BCUT2D eigenvalue weighted by molar-refractivity contribution is -0.141. The summed E-state index contributed by atoms with van der Waals surface area (Å²) in [5.41, 5.74) is -0.909. The highest BCUT2D eigenvalue weighted by Crippen LogP contribution is 2.36. The van der Waals surface area contributed by atoms with Gasteiger partial charge in [0.05, 0.1) is 19.8 Å². The van der Waals surface area contributed by atoms with Crippen molar-refractivity contribution in [3.8, 4) is 5.88 Å². The van der Waals surface area contributed by atoms with Gasteiger partial charge >= 0.3 is 6.18 Å². The van der Waals surface area contributed by atoms with E-state index < -0.39 is 11.9 Å². The fourth-order valence-corrected chi connectivity index (χ4v) is 3.13. The molecule has 1 aliphatic heterocycles. The zero-order valence-corrected chi connectivity index (χ0v) is 13.2. The Hall–Kier alpha value is -1.28. The summed E-state index contributed by atoms with van der Waals surface area (Å²) < 4.78 is 50.0. The van der Waals surface area contributed by atoms with Gasteiger partial charge in [-0.1, -0.05) is 0 Å². The lowest BCUT2D eigenvalue weighted by atomic mass is 9.74. The molecule has 23 heavy (non-hydrogen) atoms. The van der Waals surface area contributed by atoms with E-state index in [0.717, 1.165) is 56.4 Å². The van der Waals surface area contributed by atoms with Gasteiger partial charge < -0.3 is 9.47 Å². The van der Waals surface area contributed by atoms with E-state index in [4.69, 9.17) is 9.47 Å². The number of alkyl halides is 3. The lowest BCUT2D eigenvalue weighted by Gasteiger charge is -2.40. The quantitative estimate of drug-likeness (QED) is 0.828. The molecule has 0 amide bonds. The minimum atomic E-state index is -4.44. The third kappa shape index (κ3) is 3.98. The fourth-order valence-electron chi connectivity index (χ4n) is 3.13. The van der Waals surface area contributed by atoms with Crippen molar-refractivity contribution in [3.63, 3.8) is 0 Å². The molecule has 1 saturated carbocycles. The molecule has 130 valence electrons. The molecule has 2 aliphatic rings. The number of hydrogen-bond donors (Lipinski definition) is 0. The van der Waals surface area contributed by atoms with Crippen molar-refractivity contribution in [2.24, 2.45) is 18.9 Å². The van der Waals surface area contributed by atoms with Crippen LogP contribution in [0.4, 0.5) is 13.2 Å². The van der Waals surface area contributed by atoms with Crippen molar-refractivity contribution in [2.45, 2.75) is 19.0 Å². The van der Waals surface area contributed by atoms with Gasteiger partial charge in [0.25, 0.3) is 0 Å². The highest BCUT2D eigenvalue weighted by Gasteiger charge is 2.36. The highest BCUT2D eigenvalue weighted by atomic mass is 19.4. The van der Waals surface area contributed by atoms with Crippen molar-refractivity contribution in [1.82, 2.24) is 14.7 Å². The number of morpholine rings is 1. The molecule has 2 heterocycles. The standard InChI is InChI=1S/C15H22F3N3O2/c1-20-14(8-13(19-20)15(16,17)18)23-10-12-3-2-11(12)9-21-4-6-22-7-5-21/h8,11-12H,2-7,9-10H2,1H3. The van der Waals surface area contributed by atoms with E-state index in [1.165, 1.54) is 7.05 Å². The van der Waals surface area contributed by atoms with E-state index in [1.54, 1.807) is 0 Å². The topological polar surface area (TPSA) is 39.5 Å². The first kappa shape index (κ1) is 16.6. The predicted molar refractivity (Wildman–Crippen MR) is 77.2 cm³/mol. The summed E-state index contributed by atoms with van der Waals surface area (Å²) in [6.07, 6.45) is -2.21. The van der Waals surface area contributed by atoms with Crippen molar-refractivity contribution < 1.29 is 22.6 Å². The van der Waals surface area contributed by atoms with Crippen LogP contribution >= 0.6 is 0 Å². The lowest BCUT2D eigenvalue weighted by Crippen LogP contribution is -2.44. The molecule has 0 radical (unpaired) electrons. The summed E-state index contributed by atoms with van der Waals surface area (Å²) >= 11 is 0. The molecular weight excluding hydrogens is 311 g/mol. The zero-order valence-electron chi connectivity index (χ0n) is 13.2. The second kappa shape index (κ2) is 6.68. The monoisotopic (exact) mass is 333 g/mol. The van der Waals surface area contributed by atoms with Gasteiger partial charge in [0.1, 0.15) is 0 Å². The Balaban J connectivity index is 1.49. The fraction of sp³-hybridized carbons (Fsp3) is 0.800. The Morgan fingerprint density at radius 3 is 2.52 bits per heavy atom. The van der Waals surface area contributed by atoms with Crippen molar-refractivity contribution in [3.05, 3.63) is 11.8 Å². The Kier molecular flexibility index (Phi) is 4.82. The van der Waals surface area contributed by atoms with E-state index in [2.05, 4.69) is 10.00 Å². The number of aryl methyl sites for hydroxylation is 1. The Morgan fingerprint density at radius 2 is 1.96 bits per heavy atom. The number of hydrogen-bond acceptors (Lipinski definition) is 4. The van der Waals surface area contributed by atoms with E-state index in [1.807, 2.05) is 0 Å². The number of nitrogens with zero attached hydrogens (tertiary/aromatic N) is 3. The van der Waals surface area contributed by atoms with Crippen LogP contribution in [0, 0.1) is 11.8 Å². The van der Waals surface area contributed by atoms with Gasteiger partial charge in [-0.2, -0.15) is 18.3 Å². The number of aromatic nitrogens is 2. The van der Waals surface area contributed by atoms with E-state index in [0.29, 0.717) is 18.4 Å². The predicted octanol–water partition coefficient (Wildman–Crippen LogP) is 2.18. The van der Waals surface area contributed by atoms with E-state index in [9.17, 15) is 13.2 Å². The molecule has 2 fully saturated rings. The number of rotatable bonds is 5. The van der Waals surface area contributed by atoms with Crippen LogP contribution < -0.4 is 4.74 Å².